The van der Waals surface area contributed by atoms with Crippen molar-refractivity contribution in [1.29, 1.82) is 0 Å². The summed E-state index contributed by atoms with van der Waals surface area (Å²) < 4.78 is 0. The summed E-state index contributed by atoms with van der Waals surface area (Å²) in [6.45, 7) is 0. The van der Waals surface area contributed by atoms with Crippen LogP contribution in [0.2, 0.25) is 0 Å². The highest BCUT2D eigenvalue weighted by Gasteiger charge is 2.48. The van der Waals surface area contributed by atoms with E-state index < -0.39 is 14.5 Å². The standard InChI is InChI=1S/C49H40N2OP2/c52-49(41-31-27-39(28-32-41)37-53(43-17-5-1-6-18-43,44-19-7-2-8-20-44)47-25-13-15-35-50-47)42-33-29-40(30-34-42)38-54(45-21-9-3-10-22-45,46-23-11-4-12-24-46)48-26-14-16-36-51-48/h1-36H,37-38H2/q+2. The highest BCUT2D eigenvalue weighted by Crippen LogP contribution is 2.58. The fourth-order valence-electron chi connectivity index (χ4n) is 7.48. The van der Waals surface area contributed by atoms with Gasteiger partial charge in [0, 0.05) is 35.7 Å². The average molecular weight is 735 g/mol. The monoisotopic (exact) mass is 734 g/mol. The Hall–Kier alpha value is -5.85. The normalized spacial score (nSPS) is 11.6. The van der Waals surface area contributed by atoms with Crippen LogP contribution in [0.25, 0.3) is 0 Å². The zero-order chi connectivity index (χ0) is 36.6. The predicted octanol–water partition coefficient (Wildman–Crippen LogP) is 8.70. The van der Waals surface area contributed by atoms with Gasteiger partial charge in [-0.2, -0.15) is 0 Å². The first-order valence-corrected chi connectivity index (χ1v) is 22.2. The van der Waals surface area contributed by atoms with E-state index in [0.29, 0.717) is 11.1 Å². The lowest BCUT2D eigenvalue weighted by atomic mass is 10.0. The molecule has 260 valence electrons. The van der Waals surface area contributed by atoms with Gasteiger partial charge >= 0.3 is 0 Å². The zero-order valence-corrected chi connectivity index (χ0v) is 31.7. The molecule has 0 atom stereocenters. The third kappa shape index (κ3) is 6.97. The van der Waals surface area contributed by atoms with Gasteiger partial charge in [-0.15, -0.1) is 0 Å². The van der Waals surface area contributed by atoms with Crippen molar-refractivity contribution in [2.75, 3.05) is 0 Å². The molecule has 54 heavy (non-hydrogen) atoms. The van der Waals surface area contributed by atoms with Crippen molar-refractivity contribution in [2.24, 2.45) is 0 Å². The number of hydrogen-bond donors (Lipinski definition) is 0. The van der Waals surface area contributed by atoms with Crippen LogP contribution in [0.4, 0.5) is 0 Å². The van der Waals surface area contributed by atoms with Crippen molar-refractivity contribution < 1.29 is 4.79 Å². The second-order valence-electron chi connectivity index (χ2n) is 13.4. The Labute approximate surface area is 319 Å². The van der Waals surface area contributed by atoms with Gasteiger partial charge in [-0.25, -0.2) is 9.97 Å². The molecule has 0 saturated carbocycles. The lowest BCUT2D eigenvalue weighted by Gasteiger charge is -2.26. The molecule has 0 radical (unpaired) electrons. The van der Waals surface area contributed by atoms with Crippen molar-refractivity contribution in [2.45, 2.75) is 12.3 Å². The van der Waals surface area contributed by atoms with Gasteiger partial charge in [0.05, 0.1) is 0 Å². The molecule has 5 heteroatoms. The average Bonchev–Trinajstić information content (AvgIpc) is 3.27. The van der Waals surface area contributed by atoms with Crippen LogP contribution in [0.3, 0.4) is 0 Å². The number of nitrogens with zero attached hydrogens (tertiary/aromatic N) is 2. The van der Waals surface area contributed by atoms with Crippen LogP contribution in [-0.4, -0.2) is 15.8 Å². The minimum absolute atomic E-state index is 0.0157. The molecule has 0 aliphatic rings. The highest BCUT2D eigenvalue weighted by atomic mass is 31.2. The molecule has 2 aromatic heterocycles. The van der Waals surface area contributed by atoms with Crippen molar-refractivity contribution in [1.82, 2.24) is 9.97 Å². The molecule has 0 bridgehead atoms. The topological polar surface area (TPSA) is 42.9 Å². The largest absolute Gasteiger partial charge is 0.289 e. The summed E-state index contributed by atoms with van der Waals surface area (Å²) in [7, 11) is -4.32. The van der Waals surface area contributed by atoms with E-state index in [1.165, 1.54) is 32.3 Å². The van der Waals surface area contributed by atoms with Gasteiger partial charge in [-0.05, 0) is 71.8 Å². The van der Waals surface area contributed by atoms with E-state index in [0.717, 1.165) is 23.2 Å². The van der Waals surface area contributed by atoms with E-state index in [-0.39, 0.29) is 5.78 Å². The van der Waals surface area contributed by atoms with Gasteiger partial charge in [0.15, 0.2) is 16.7 Å². The minimum Gasteiger partial charge on any atom is -0.289 e. The van der Waals surface area contributed by atoms with Crippen LogP contribution in [0.1, 0.15) is 27.0 Å². The second-order valence-corrected chi connectivity index (χ2v) is 20.2. The molecule has 0 saturated heterocycles. The van der Waals surface area contributed by atoms with E-state index in [9.17, 15) is 4.79 Å². The molecule has 0 aliphatic heterocycles. The molecule has 0 N–H and O–H groups in total. The van der Waals surface area contributed by atoms with Gasteiger partial charge in [-0.3, -0.25) is 4.79 Å². The van der Waals surface area contributed by atoms with E-state index >= 15 is 0 Å². The summed E-state index contributed by atoms with van der Waals surface area (Å²) in [5, 5.41) is 5.13. The first-order chi connectivity index (χ1) is 26.7. The predicted molar refractivity (Wildman–Crippen MR) is 230 cm³/mol. The van der Waals surface area contributed by atoms with E-state index in [1.54, 1.807) is 0 Å². The van der Waals surface area contributed by atoms with Gasteiger partial charge in [0.25, 0.3) is 0 Å². The van der Waals surface area contributed by atoms with Crippen LogP contribution < -0.4 is 32.1 Å². The van der Waals surface area contributed by atoms with Crippen LogP contribution in [-0.2, 0) is 12.3 Å². The second kappa shape index (κ2) is 16.0. The van der Waals surface area contributed by atoms with Crippen molar-refractivity contribution in [3.05, 3.63) is 241 Å². The Kier molecular flexibility index (Phi) is 10.4. The molecule has 0 amide bonds. The summed E-state index contributed by atoms with van der Waals surface area (Å²) in [6, 6.07) is 72.0. The third-order valence-electron chi connectivity index (χ3n) is 10.1. The summed E-state index contributed by atoms with van der Waals surface area (Å²) in [4.78, 5) is 23.9. The number of ketones is 1. The molecule has 6 aromatic carbocycles. The number of rotatable bonds is 12. The van der Waals surface area contributed by atoms with Gasteiger partial charge < -0.3 is 0 Å². The van der Waals surface area contributed by atoms with Gasteiger partial charge in [0.1, 0.15) is 48.1 Å². The summed E-state index contributed by atoms with van der Waals surface area (Å²) >= 11 is 0. The minimum atomic E-state index is -2.16. The quantitative estimate of drug-likeness (QED) is 0.0933. The summed E-state index contributed by atoms with van der Waals surface area (Å²) in [5.74, 6) is 0.0157. The molecule has 0 fully saturated rings. The van der Waals surface area contributed by atoms with Crippen LogP contribution in [0, 0.1) is 0 Å². The first kappa shape index (κ1) is 35.2. The molecule has 0 spiro atoms. The number of benzene rings is 6. The van der Waals surface area contributed by atoms with Gasteiger partial charge in [-0.1, -0.05) is 133 Å². The van der Waals surface area contributed by atoms with Crippen molar-refractivity contribution in [3.63, 3.8) is 0 Å². The zero-order valence-electron chi connectivity index (χ0n) is 29.9. The van der Waals surface area contributed by atoms with Crippen LogP contribution in [0.15, 0.2) is 219 Å². The fourth-order valence-corrected chi connectivity index (χ4v) is 15.6. The molecular formula is C49H40N2OP2+2. The lowest BCUT2D eigenvalue weighted by molar-refractivity contribution is 0.103. The Balaban J connectivity index is 1.10. The summed E-state index contributed by atoms with van der Waals surface area (Å²) in [5.41, 5.74) is 5.89. The molecule has 0 aliphatic carbocycles. The third-order valence-corrected chi connectivity index (χ3v) is 18.6. The molecule has 3 nitrogen and oxygen atoms in total. The highest BCUT2D eigenvalue weighted by molar-refractivity contribution is 7.95. The first-order valence-electron chi connectivity index (χ1n) is 18.2. The van der Waals surface area contributed by atoms with E-state index in [1.807, 2.05) is 48.8 Å². The number of pyridine rings is 2. The number of aromatic nitrogens is 2. The smallest absolute Gasteiger partial charge is 0.193 e. The fraction of sp³-hybridized carbons (Fsp3) is 0.0408. The van der Waals surface area contributed by atoms with E-state index in [4.69, 9.17) is 9.97 Å². The van der Waals surface area contributed by atoms with Crippen molar-refractivity contribution in [3.8, 4) is 0 Å². The van der Waals surface area contributed by atoms with E-state index in [2.05, 4.69) is 170 Å². The van der Waals surface area contributed by atoms with Crippen LogP contribution >= 0.6 is 14.5 Å². The Morgan fingerprint density at radius 1 is 0.352 bits per heavy atom. The molecule has 8 aromatic rings. The number of hydrogen-bond acceptors (Lipinski definition) is 3. The molecule has 2 heterocycles. The van der Waals surface area contributed by atoms with Crippen molar-refractivity contribution >= 4 is 52.4 Å². The Morgan fingerprint density at radius 2 is 0.648 bits per heavy atom. The molecular weight excluding hydrogens is 694 g/mol. The maximum atomic E-state index is 14.0. The Bertz CT molecular complexity index is 2040. The van der Waals surface area contributed by atoms with Crippen LogP contribution in [0.5, 0.6) is 0 Å². The molecule has 8 rings (SSSR count). The number of carbonyl (C=O) groups excluding carboxylic acids is 1. The SMILES string of the molecule is O=C(c1ccc(C[P+](c2ccccc2)(c2ccccc2)c2ccccn2)cc1)c1ccc(C[P+](c2ccccc2)(c2ccccc2)c2ccccn2)cc1. The number of carbonyl (C=O) groups is 1. The maximum absolute atomic E-state index is 14.0. The lowest BCUT2D eigenvalue weighted by Crippen LogP contribution is -2.34. The molecule has 0 unspecified atom stereocenters. The summed E-state index contributed by atoms with van der Waals surface area (Å²) in [6.07, 6.45) is 5.38. The Morgan fingerprint density at radius 3 is 0.926 bits per heavy atom. The maximum Gasteiger partial charge on any atom is 0.193 e. The van der Waals surface area contributed by atoms with Gasteiger partial charge in [0.2, 0.25) is 0 Å².